The second kappa shape index (κ2) is 7.81. The van der Waals surface area contributed by atoms with Gasteiger partial charge in [0.2, 0.25) is 5.91 Å². The van der Waals surface area contributed by atoms with Crippen molar-refractivity contribution in [2.75, 3.05) is 4.90 Å². The molecular weight excluding hydrogens is 423 g/mol. The molecule has 2 heterocycles. The fourth-order valence-electron chi connectivity index (χ4n) is 3.81. The molecule has 0 aliphatic carbocycles. The van der Waals surface area contributed by atoms with Crippen molar-refractivity contribution in [2.45, 2.75) is 39.3 Å². The predicted octanol–water partition coefficient (Wildman–Crippen LogP) is 4.15. The number of halogens is 3. The minimum atomic E-state index is -1.09. The Morgan fingerprint density at radius 2 is 1.81 bits per heavy atom. The van der Waals surface area contributed by atoms with Crippen molar-refractivity contribution in [3.63, 3.8) is 0 Å². The third kappa shape index (κ3) is 3.74. The van der Waals surface area contributed by atoms with E-state index in [4.69, 9.17) is 4.52 Å². The summed E-state index contributed by atoms with van der Waals surface area (Å²) in [5, 5.41) is 6.37. The molecule has 0 radical (unpaired) electrons. The van der Waals surface area contributed by atoms with Crippen molar-refractivity contribution in [1.29, 1.82) is 0 Å². The van der Waals surface area contributed by atoms with Gasteiger partial charge in [-0.05, 0) is 38.5 Å². The van der Waals surface area contributed by atoms with Gasteiger partial charge in [0.25, 0.3) is 5.91 Å². The average Bonchev–Trinajstić information content (AvgIpc) is 3.21. The highest BCUT2D eigenvalue weighted by atomic mass is 19.1. The van der Waals surface area contributed by atoms with Crippen LogP contribution in [0, 0.1) is 24.4 Å². The number of benzene rings is 2. The fraction of sp³-hybridized carbons (Fsp3) is 0.261. The molecule has 1 N–H and O–H groups in total. The molecule has 0 atom stereocenters. The lowest BCUT2D eigenvalue weighted by Crippen LogP contribution is -2.35. The Bertz CT molecular complexity index is 1210. The van der Waals surface area contributed by atoms with E-state index >= 15 is 0 Å². The molecule has 1 aliphatic heterocycles. The lowest BCUT2D eigenvalue weighted by atomic mass is 9.86. The summed E-state index contributed by atoms with van der Waals surface area (Å²) >= 11 is 0. The summed E-state index contributed by atoms with van der Waals surface area (Å²) in [4.78, 5) is 27.2. The van der Waals surface area contributed by atoms with Crippen LogP contribution >= 0.6 is 0 Å². The van der Waals surface area contributed by atoms with E-state index in [1.165, 1.54) is 4.90 Å². The van der Waals surface area contributed by atoms with Crippen LogP contribution in [0.15, 0.2) is 40.9 Å². The molecule has 6 nitrogen and oxygen atoms in total. The van der Waals surface area contributed by atoms with Gasteiger partial charge in [0.1, 0.15) is 28.9 Å². The summed E-state index contributed by atoms with van der Waals surface area (Å²) in [6, 6.07) is 7.62. The van der Waals surface area contributed by atoms with Crippen molar-refractivity contribution in [3.05, 3.63) is 82.0 Å². The molecule has 4 rings (SSSR count). The van der Waals surface area contributed by atoms with Gasteiger partial charge in [-0.15, -0.1) is 0 Å². The summed E-state index contributed by atoms with van der Waals surface area (Å²) in [5.74, 6) is -3.34. The Labute approximate surface area is 182 Å². The van der Waals surface area contributed by atoms with E-state index < -0.39 is 40.9 Å². The number of anilines is 1. The first-order valence-corrected chi connectivity index (χ1v) is 9.88. The van der Waals surface area contributed by atoms with Crippen molar-refractivity contribution in [1.82, 2.24) is 10.5 Å². The number of hydrogen-bond donors (Lipinski definition) is 1. The summed E-state index contributed by atoms with van der Waals surface area (Å²) in [6.45, 7) is 5.05. The number of aromatic nitrogens is 1. The molecule has 166 valence electrons. The van der Waals surface area contributed by atoms with E-state index in [2.05, 4.69) is 10.5 Å². The number of carbonyl (C=O) groups is 2. The van der Waals surface area contributed by atoms with Crippen LogP contribution in [0.3, 0.4) is 0 Å². The van der Waals surface area contributed by atoms with Gasteiger partial charge < -0.3 is 14.7 Å². The number of rotatable bonds is 5. The van der Waals surface area contributed by atoms with Gasteiger partial charge in [0, 0.05) is 41.6 Å². The number of fused-ring (bicyclic) bond motifs is 1. The molecule has 0 bridgehead atoms. The highest BCUT2D eigenvalue weighted by Crippen LogP contribution is 2.42. The molecule has 0 saturated carbocycles. The summed E-state index contributed by atoms with van der Waals surface area (Å²) in [6.07, 6.45) is 0. The molecule has 9 heteroatoms. The molecule has 1 aromatic heterocycles. The van der Waals surface area contributed by atoms with E-state index in [1.54, 1.807) is 45.0 Å². The van der Waals surface area contributed by atoms with Crippen LogP contribution in [-0.2, 0) is 23.3 Å². The maximum Gasteiger partial charge on any atom is 0.251 e. The monoisotopic (exact) mass is 443 g/mol. The molecule has 0 unspecified atom stereocenters. The zero-order valence-corrected chi connectivity index (χ0v) is 17.6. The zero-order valence-electron chi connectivity index (χ0n) is 17.6. The minimum Gasteiger partial charge on any atom is -0.361 e. The molecule has 32 heavy (non-hydrogen) atoms. The van der Waals surface area contributed by atoms with E-state index in [1.807, 2.05) is 0 Å². The number of hydrogen-bond acceptors (Lipinski definition) is 4. The number of aryl methyl sites for hydroxylation is 1. The van der Waals surface area contributed by atoms with Crippen molar-refractivity contribution >= 4 is 17.5 Å². The molecule has 0 spiro atoms. The summed E-state index contributed by atoms with van der Waals surface area (Å²) in [5.41, 5.74) is 0.821. The van der Waals surface area contributed by atoms with Gasteiger partial charge in [-0.25, -0.2) is 13.2 Å². The van der Waals surface area contributed by atoms with Gasteiger partial charge in [-0.1, -0.05) is 11.2 Å². The number of amides is 2. The standard InChI is InChI=1S/C23H20F3N3O3/c1-12-6-15(28-32-12)11-29-20-7-13(4-5-17(20)23(2,3)22(29)31)21(30)27-10-16-18(25)8-14(24)9-19(16)26/h4-9H,10-11H2,1-3H3,(H,27,30). The average molecular weight is 443 g/mol. The Balaban J connectivity index is 1.59. The highest BCUT2D eigenvalue weighted by Gasteiger charge is 2.44. The first-order chi connectivity index (χ1) is 15.1. The first-order valence-electron chi connectivity index (χ1n) is 9.88. The fourth-order valence-corrected chi connectivity index (χ4v) is 3.81. The van der Waals surface area contributed by atoms with E-state index in [0.29, 0.717) is 29.3 Å². The third-order valence-corrected chi connectivity index (χ3v) is 5.53. The SMILES string of the molecule is Cc1cc(CN2C(=O)C(C)(C)c3ccc(C(=O)NCc4c(F)cc(F)cc4F)cc32)no1. The van der Waals surface area contributed by atoms with E-state index in [0.717, 1.165) is 5.56 Å². The molecule has 0 fully saturated rings. The van der Waals surface area contributed by atoms with Crippen LogP contribution in [0.4, 0.5) is 18.9 Å². The van der Waals surface area contributed by atoms with Gasteiger partial charge >= 0.3 is 0 Å². The molecule has 0 saturated heterocycles. The first kappa shape index (κ1) is 21.6. The second-order valence-electron chi connectivity index (χ2n) is 8.21. The van der Waals surface area contributed by atoms with Crippen LogP contribution in [-0.4, -0.2) is 17.0 Å². The number of nitrogens with zero attached hydrogens (tertiary/aromatic N) is 2. The normalized spacial score (nSPS) is 14.6. The van der Waals surface area contributed by atoms with E-state index in [9.17, 15) is 22.8 Å². The molecular formula is C23H20F3N3O3. The van der Waals surface area contributed by atoms with Gasteiger partial charge in [-0.3, -0.25) is 9.59 Å². The minimum absolute atomic E-state index is 0.152. The molecule has 1 aliphatic rings. The quantitative estimate of drug-likeness (QED) is 0.643. The van der Waals surface area contributed by atoms with Gasteiger partial charge in [-0.2, -0.15) is 0 Å². The lowest BCUT2D eigenvalue weighted by Gasteiger charge is -2.19. The molecule has 2 amide bonds. The smallest absolute Gasteiger partial charge is 0.251 e. The van der Waals surface area contributed by atoms with Crippen LogP contribution in [0.1, 0.15) is 46.8 Å². The maximum atomic E-state index is 13.8. The summed E-state index contributed by atoms with van der Waals surface area (Å²) in [7, 11) is 0. The predicted molar refractivity (Wildman–Crippen MR) is 109 cm³/mol. The molecule has 2 aromatic carbocycles. The van der Waals surface area contributed by atoms with Crippen molar-refractivity contribution in [3.8, 4) is 0 Å². The third-order valence-electron chi connectivity index (χ3n) is 5.53. The van der Waals surface area contributed by atoms with Crippen molar-refractivity contribution < 1.29 is 27.3 Å². The Morgan fingerprint density at radius 3 is 2.44 bits per heavy atom. The number of nitrogens with one attached hydrogen (secondary N) is 1. The van der Waals surface area contributed by atoms with Crippen LogP contribution in [0.5, 0.6) is 0 Å². The van der Waals surface area contributed by atoms with E-state index in [-0.39, 0.29) is 18.0 Å². The Morgan fingerprint density at radius 1 is 1.12 bits per heavy atom. The zero-order chi connectivity index (χ0) is 23.2. The Hall–Kier alpha value is -3.62. The Kier molecular flexibility index (Phi) is 5.28. The lowest BCUT2D eigenvalue weighted by molar-refractivity contribution is -0.122. The summed E-state index contributed by atoms with van der Waals surface area (Å²) < 4.78 is 45.8. The highest BCUT2D eigenvalue weighted by molar-refractivity contribution is 6.08. The van der Waals surface area contributed by atoms with Gasteiger partial charge in [0.15, 0.2) is 0 Å². The van der Waals surface area contributed by atoms with Crippen molar-refractivity contribution in [2.24, 2.45) is 0 Å². The molecule has 3 aromatic rings. The largest absolute Gasteiger partial charge is 0.361 e. The topological polar surface area (TPSA) is 75.4 Å². The van der Waals surface area contributed by atoms with Crippen LogP contribution in [0.25, 0.3) is 0 Å². The number of carbonyl (C=O) groups excluding carboxylic acids is 2. The van der Waals surface area contributed by atoms with Gasteiger partial charge in [0.05, 0.1) is 12.0 Å². The second-order valence-corrected chi connectivity index (χ2v) is 8.21. The maximum absolute atomic E-state index is 13.8. The van der Waals surface area contributed by atoms with Crippen LogP contribution < -0.4 is 10.2 Å². The van der Waals surface area contributed by atoms with Crippen LogP contribution in [0.2, 0.25) is 0 Å².